The maximum absolute atomic E-state index is 14.2. The summed E-state index contributed by atoms with van der Waals surface area (Å²) in [5.41, 5.74) is 7.46. The van der Waals surface area contributed by atoms with Crippen molar-refractivity contribution in [3.63, 3.8) is 0 Å². The molecule has 0 amide bonds. The first-order chi connectivity index (χ1) is 21.5. The summed E-state index contributed by atoms with van der Waals surface area (Å²) >= 11 is 0. The number of fused-ring (bicyclic) bond motifs is 1. The molecule has 1 aliphatic heterocycles. The Bertz CT molecular complexity index is 1450. The van der Waals surface area contributed by atoms with Crippen molar-refractivity contribution >= 4 is 31.0 Å². The Morgan fingerprint density at radius 3 is 2.47 bits per heavy atom. The predicted octanol–water partition coefficient (Wildman–Crippen LogP) is 5.26. The molecule has 0 bridgehead atoms. The number of carbonyl (C=O) groups excluding carboxylic acids is 2. The second kappa shape index (κ2) is 16.2. The Labute approximate surface area is 263 Å². The van der Waals surface area contributed by atoms with Crippen molar-refractivity contribution in [2.45, 2.75) is 78.0 Å². The lowest BCUT2D eigenvalue weighted by atomic mass is 10.1. The quantitative estimate of drug-likeness (QED) is 0.145. The van der Waals surface area contributed by atoms with Gasteiger partial charge in [0.1, 0.15) is 29.7 Å². The number of esters is 2. The summed E-state index contributed by atoms with van der Waals surface area (Å²) in [5.74, 6) is -0.143. The van der Waals surface area contributed by atoms with Crippen LogP contribution in [0.4, 0.5) is 5.82 Å². The van der Waals surface area contributed by atoms with E-state index in [1.807, 2.05) is 39.8 Å². The molecule has 0 saturated carbocycles. The van der Waals surface area contributed by atoms with E-state index in [9.17, 15) is 14.2 Å². The minimum atomic E-state index is -4.26. The summed E-state index contributed by atoms with van der Waals surface area (Å²) in [5, 5.41) is 6.98. The van der Waals surface area contributed by atoms with Crippen LogP contribution in [-0.4, -0.2) is 58.5 Å². The highest BCUT2D eigenvalue weighted by Crippen LogP contribution is 2.46. The topological polar surface area (TPSA) is 166 Å². The number of nitrogen functional groups attached to an aromatic ring is 1. The average Bonchev–Trinajstić information content (AvgIpc) is 3.64. The zero-order chi connectivity index (χ0) is 32.4. The van der Waals surface area contributed by atoms with E-state index in [4.69, 9.17) is 29.0 Å². The molecule has 3 N–H and O–H groups in total. The molecule has 45 heavy (non-hydrogen) atoms. The van der Waals surface area contributed by atoms with Gasteiger partial charge < -0.3 is 24.5 Å². The van der Waals surface area contributed by atoms with Crippen molar-refractivity contribution in [3.05, 3.63) is 54.5 Å². The van der Waals surface area contributed by atoms with E-state index < -0.39 is 38.3 Å². The molecule has 1 unspecified atom stereocenters. The number of carbonyl (C=O) groups is 2. The summed E-state index contributed by atoms with van der Waals surface area (Å²) in [7, 11) is -4.26. The third kappa shape index (κ3) is 10.3. The number of hydrogen-bond acceptors (Lipinski definition) is 11. The second-order valence-electron chi connectivity index (χ2n) is 11.9. The highest BCUT2D eigenvalue weighted by molar-refractivity contribution is 7.52. The van der Waals surface area contributed by atoms with Crippen LogP contribution in [0.1, 0.15) is 71.6 Å². The molecule has 0 spiro atoms. The Morgan fingerprint density at radius 2 is 1.76 bits per heavy atom. The van der Waals surface area contributed by atoms with Gasteiger partial charge in [0.15, 0.2) is 5.82 Å². The molecule has 2 aromatic heterocycles. The molecule has 14 heteroatoms. The lowest BCUT2D eigenvalue weighted by molar-refractivity contribution is -0.152. The number of ether oxygens (including phenoxy) is 3. The standard InChI is InChI=1S/C31H44N5O8P/c1-21(2)14-16-40-29(37)18-25(31(38)41-17-15-22(3)4)35-45(39,44-23-8-6-5-7-9-23)42-19-24-10-13-28(43-24)26-11-12-27-30(32)33-20-34-36(26)27/h5-9,11-12,20-22,24-25,28H,10,13-19H2,1-4H3,(H,35,39)(H2,32,33,34)/t24-,25-,28+,45?/m0/s1. The highest BCUT2D eigenvalue weighted by Gasteiger charge is 2.38. The summed E-state index contributed by atoms with van der Waals surface area (Å²) in [6, 6.07) is 10.8. The second-order valence-corrected chi connectivity index (χ2v) is 13.6. The van der Waals surface area contributed by atoms with Crippen molar-refractivity contribution in [1.29, 1.82) is 0 Å². The van der Waals surface area contributed by atoms with Gasteiger partial charge in [0.05, 0.1) is 38.0 Å². The predicted molar refractivity (Wildman–Crippen MR) is 167 cm³/mol. The van der Waals surface area contributed by atoms with Crippen LogP contribution < -0.4 is 15.3 Å². The summed E-state index contributed by atoms with van der Waals surface area (Å²) in [6.45, 7) is 8.27. The van der Waals surface area contributed by atoms with Gasteiger partial charge in [-0.05, 0) is 61.8 Å². The number of nitrogens with one attached hydrogen (secondary N) is 1. The molecule has 13 nitrogen and oxygen atoms in total. The lowest BCUT2D eigenvalue weighted by Crippen LogP contribution is -2.40. The number of para-hydroxylation sites is 1. The molecular formula is C31H44N5O8P. The first-order valence-electron chi connectivity index (χ1n) is 15.4. The Kier molecular flexibility index (Phi) is 12.3. The van der Waals surface area contributed by atoms with Gasteiger partial charge in [-0.2, -0.15) is 10.2 Å². The summed E-state index contributed by atoms with van der Waals surface area (Å²) < 4.78 is 44.7. The number of nitrogens with two attached hydrogens (primary N) is 1. The van der Waals surface area contributed by atoms with E-state index >= 15 is 0 Å². The first kappa shape index (κ1) is 34.4. The number of anilines is 1. The average molecular weight is 646 g/mol. The van der Waals surface area contributed by atoms with Gasteiger partial charge >= 0.3 is 19.7 Å². The van der Waals surface area contributed by atoms with Gasteiger partial charge in [-0.15, -0.1) is 0 Å². The molecule has 246 valence electrons. The van der Waals surface area contributed by atoms with E-state index in [0.717, 1.165) is 5.69 Å². The molecule has 3 aromatic rings. The Balaban J connectivity index is 1.47. The van der Waals surface area contributed by atoms with E-state index in [1.54, 1.807) is 34.8 Å². The van der Waals surface area contributed by atoms with Crippen LogP contribution >= 0.6 is 7.75 Å². The largest absolute Gasteiger partial charge is 0.466 e. The summed E-state index contributed by atoms with van der Waals surface area (Å²) in [6.07, 6.45) is 2.78. The molecule has 1 fully saturated rings. The van der Waals surface area contributed by atoms with Crippen LogP contribution in [0.15, 0.2) is 48.8 Å². The maximum Gasteiger partial charge on any atom is 0.459 e. The van der Waals surface area contributed by atoms with E-state index in [2.05, 4.69) is 15.2 Å². The smallest absolute Gasteiger partial charge is 0.459 e. The molecule has 4 atom stereocenters. The fourth-order valence-corrected chi connectivity index (χ4v) is 6.18. The highest BCUT2D eigenvalue weighted by atomic mass is 31.2. The number of hydrogen-bond donors (Lipinski definition) is 2. The van der Waals surface area contributed by atoms with Gasteiger partial charge in [-0.25, -0.2) is 14.1 Å². The van der Waals surface area contributed by atoms with Gasteiger partial charge in [0.25, 0.3) is 0 Å². The van der Waals surface area contributed by atoms with Crippen LogP contribution in [0, 0.1) is 11.8 Å². The van der Waals surface area contributed by atoms with E-state index in [1.165, 1.54) is 6.33 Å². The Hall–Kier alpha value is -3.51. The van der Waals surface area contributed by atoms with Gasteiger partial charge in [0, 0.05) is 0 Å². The molecule has 3 heterocycles. The maximum atomic E-state index is 14.2. The molecule has 1 aromatic carbocycles. The van der Waals surface area contributed by atoms with Crippen LogP contribution in [0.3, 0.4) is 0 Å². The minimum Gasteiger partial charge on any atom is -0.466 e. The lowest BCUT2D eigenvalue weighted by Gasteiger charge is -2.25. The number of nitrogens with zero attached hydrogens (tertiary/aromatic N) is 3. The van der Waals surface area contributed by atoms with E-state index in [0.29, 0.717) is 48.9 Å². The molecule has 0 aliphatic carbocycles. The van der Waals surface area contributed by atoms with Crippen molar-refractivity contribution < 1.29 is 37.4 Å². The van der Waals surface area contributed by atoms with Crippen LogP contribution in [0.25, 0.3) is 5.52 Å². The van der Waals surface area contributed by atoms with Crippen LogP contribution in [-0.2, 0) is 32.9 Å². The van der Waals surface area contributed by atoms with Crippen LogP contribution in [0.5, 0.6) is 5.75 Å². The molecule has 1 aliphatic rings. The van der Waals surface area contributed by atoms with Crippen molar-refractivity contribution in [1.82, 2.24) is 19.7 Å². The molecule has 1 saturated heterocycles. The minimum absolute atomic E-state index is 0.109. The SMILES string of the molecule is CC(C)CCOC(=O)C[C@H](NP(=O)(OC[C@@H]1CC[C@H](c2ccc3c(N)ncnn23)O1)Oc1ccccc1)C(=O)OCCC(C)C. The third-order valence-electron chi connectivity index (χ3n) is 7.21. The van der Waals surface area contributed by atoms with Crippen molar-refractivity contribution in [3.8, 4) is 5.75 Å². The van der Waals surface area contributed by atoms with Crippen molar-refractivity contribution in [2.75, 3.05) is 25.6 Å². The fourth-order valence-electron chi connectivity index (χ4n) is 4.66. The van der Waals surface area contributed by atoms with Crippen LogP contribution in [0.2, 0.25) is 0 Å². The normalized spacial score (nSPS) is 18.6. The number of aromatic nitrogens is 3. The van der Waals surface area contributed by atoms with E-state index in [-0.39, 0.29) is 31.7 Å². The zero-order valence-corrected chi connectivity index (χ0v) is 27.2. The number of rotatable bonds is 17. The fraction of sp³-hybridized carbons (Fsp3) is 0.548. The molecule has 0 radical (unpaired) electrons. The van der Waals surface area contributed by atoms with Gasteiger partial charge in [-0.3, -0.25) is 14.1 Å². The Morgan fingerprint density at radius 1 is 1.04 bits per heavy atom. The molecular weight excluding hydrogens is 601 g/mol. The third-order valence-corrected chi connectivity index (χ3v) is 8.78. The summed E-state index contributed by atoms with van der Waals surface area (Å²) in [4.78, 5) is 29.9. The van der Waals surface area contributed by atoms with Crippen molar-refractivity contribution in [2.24, 2.45) is 11.8 Å². The van der Waals surface area contributed by atoms with Gasteiger partial charge in [0.2, 0.25) is 0 Å². The number of benzene rings is 1. The molecule has 4 rings (SSSR count). The van der Waals surface area contributed by atoms with Gasteiger partial charge in [-0.1, -0.05) is 45.9 Å². The monoisotopic (exact) mass is 645 g/mol. The first-order valence-corrected chi connectivity index (χ1v) is 16.9. The zero-order valence-electron chi connectivity index (χ0n) is 26.3.